The van der Waals surface area contributed by atoms with Crippen molar-refractivity contribution in [1.82, 2.24) is 4.90 Å². The first-order valence-corrected chi connectivity index (χ1v) is 14.4. The highest BCUT2D eigenvalue weighted by Crippen LogP contribution is 2.61. The van der Waals surface area contributed by atoms with Crippen molar-refractivity contribution in [3.8, 4) is 0 Å². The van der Waals surface area contributed by atoms with Crippen LogP contribution in [0.1, 0.15) is 90.4 Å². The van der Waals surface area contributed by atoms with Crippen molar-refractivity contribution in [2.45, 2.75) is 102 Å². The molecule has 1 unspecified atom stereocenters. The fourth-order valence-corrected chi connectivity index (χ4v) is 8.75. The molecule has 6 aliphatic rings. The SMILES string of the molecule is CC(=O)Nc1ccc(N2C(=O)CC(N(C(=O)C34CC5CC(CC(C5)C3)C4)C3CCCCCC3)C2=O)cc1. The van der Waals surface area contributed by atoms with Gasteiger partial charge in [-0.2, -0.15) is 0 Å². The summed E-state index contributed by atoms with van der Waals surface area (Å²) in [4.78, 5) is 56.4. The molecule has 7 rings (SSSR count). The van der Waals surface area contributed by atoms with E-state index >= 15 is 0 Å². The van der Waals surface area contributed by atoms with Crippen LogP contribution < -0.4 is 10.2 Å². The molecule has 5 aliphatic carbocycles. The summed E-state index contributed by atoms with van der Waals surface area (Å²) in [6.07, 6.45) is 13.0. The van der Waals surface area contributed by atoms with Gasteiger partial charge in [-0.25, -0.2) is 4.90 Å². The molecule has 0 radical (unpaired) electrons. The molecule has 4 amide bonds. The number of carbonyl (C=O) groups excluding carboxylic acids is 4. The van der Waals surface area contributed by atoms with Crippen LogP contribution in [0.5, 0.6) is 0 Å². The summed E-state index contributed by atoms with van der Waals surface area (Å²) in [6.45, 7) is 1.44. The van der Waals surface area contributed by atoms with Gasteiger partial charge in [0, 0.05) is 18.7 Å². The van der Waals surface area contributed by atoms with Crippen LogP contribution in [0.25, 0.3) is 0 Å². The Labute approximate surface area is 219 Å². The first-order chi connectivity index (χ1) is 17.8. The molecule has 1 saturated heterocycles. The molecule has 1 aliphatic heterocycles. The van der Waals surface area contributed by atoms with E-state index in [0.717, 1.165) is 44.9 Å². The lowest BCUT2D eigenvalue weighted by atomic mass is 9.49. The summed E-state index contributed by atoms with van der Waals surface area (Å²) in [5.41, 5.74) is 0.774. The number of imide groups is 1. The third kappa shape index (κ3) is 4.48. The van der Waals surface area contributed by atoms with Crippen LogP contribution in [0, 0.1) is 23.2 Å². The van der Waals surface area contributed by atoms with Gasteiger partial charge in [-0.15, -0.1) is 0 Å². The van der Waals surface area contributed by atoms with E-state index in [4.69, 9.17) is 0 Å². The lowest BCUT2D eigenvalue weighted by Gasteiger charge is -2.57. The Kier molecular flexibility index (Phi) is 6.36. The number of anilines is 2. The van der Waals surface area contributed by atoms with Crippen molar-refractivity contribution in [2.75, 3.05) is 10.2 Å². The topological polar surface area (TPSA) is 86.8 Å². The highest BCUT2D eigenvalue weighted by atomic mass is 16.2. The van der Waals surface area contributed by atoms with Gasteiger partial charge in [0.05, 0.1) is 17.5 Å². The van der Waals surface area contributed by atoms with E-state index in [1.165, 1.54) is 43.9 Å². The second-order valence-electron chi connectivity index (χ2n) is 12.6. The van der Waals surface area contributed by atoms with E-state index in [0.29, 0.717) is 29.1 Å². The molecule has 1 N–H and O–H groups in total. The molecule has 198 valence electrons. The summed E-state index contributed by atoms with van der Waals surface area (Å²) >= 11 is 0. The highest BCUT2D eigenvalue weighted by molar-refractivity contribution is 6.23. The van der Waals surface area contributed by atoms with Crippen LogP contribution in [-0.2, 0) is 19.2 Å². The van der Waals surface area contributed by atoms with Crippen molar-refractivity contribution >= 4 is 35.0 Å². The van der Waals surface area contributed by atoms with Crippen LogP contribution in [0.15, 0.2) is 24.3 Å². The van der Waals surface area contributed by atoms with E-state index in [9.17, 15) is 19.2 Å². The second kappa shape index (κ2) is 9.55. The first kappa shape index (κ1) is 24.6. The van der Waals surface area contributed by atoms with Gasteiger partial charge in [-0.1, -0.05) is 25.7 Å². The Bertz CT molecular complexity index is 1050. The molecule has 37 heavy (non-hydrogen) atoms. The summed E-state index contributed by atoms with van der Waals surface area (Å²) in [6, 6.07) is 6.11. The van der Waals surface area contributed by atoms with Crippen LogP contribution in [0.3, 0.4) is 0 Å². The molecule has 0 spiro atoms. The minimum Gasteiger partial charge on any atom is -0.327 e. The molecular weight excluding hydrogens is 466 g/mol. The number of hydrogen-bond donors (Lipinski definition) is 1. The molecule has 5 saturated carbocycles. The van der Waals surface area contributed by atoms with E-state index in [1.54, 1.807) is 24.3 Å². The van der Waals surface area contributed by atoms with Crippen LogP contribution >= 0.6 is 0 Å². The monoisotopic (exact) mass is 505 g/mol. The van der Waals surface area contributed by atoms with Gasteiger partial charge < -0.3 is 10.2 Å². The number of hydrogen-bond acceptors (Lipinski definition) is 4. The normalized spacial score (nSPS) is 33.5. The van der Waals surface area contributed by atoms with Crippen molar-refractivity contribution in [1.29, 1.82) is 0 Å². The van der Waals surface area contributed by atoms with E-state index in [1.807, 2.05) is 4.90 Å². The number of nitrogens with zero attached hydrogens (tertiary/aromatic N) is 2. The third-order valence-corrected chi connectivity index (χ3v) is 9.85. The molecule has 4 bridgehead atoms. The maximum absolute atomic E-state index is 14.6. The van der Waals surface area contributed by atoms with Crippen molar-refractivity contribution < 1.29 is 19.2 Å². The number of nitrogens with one attached hydrogen (secondary N) is 1. The van der Waals surface area contributed by atoms with Crippen LogP contribution in [0.2, 0.25) is 0 Å². The van der Waals surface area contributed by atoms with Crippen molar-refractivity contribution in [3.05, 3.63) is 24.3 Å². The standard InChI is InChI=1S/C30H39N3O4/c1-19(34)31-23-8-10-25(11-9-23)33-27(35)15-26(28(33)36)32(24-6-4-2-3-5-7-24)29(37)30-16-20-12-21(17-30)14-22(13-20)18-30/h8-11,20-22,24,26H,2-7,12-18H2,1H3,(H,31,34). The van der Waals surface area contributed by atoms with Crippen molar-refractivity contribution in [3.63, 3.8) is 0 Å². The molecule has 7 heteroatoms. The highest BCUT2D eigenvalue weighted by Gasteiger charge is 2.58. The van der Waals surface area contributed by atoms with E-state index in [-0.39, 0.29) is 41.5 Å². The molecule has 1 atom stereocenters. The van der Waals surface area contributed by atoms with Gasteiger partial charge in [0.25, 0.3) is 5.91 Å². The molecule has 1 heterocycles. The zero-order valence-electron chi connectivity index (χ0n) is 21.9. The summed E-state index contributed by atoms with van der Waals surface area (Å²) in [7, 11) is 0. The Morgan fingerprint density at radius 3 is 2.00 bits per heavy atom. The third-order valence-electron chi connectivity index (χ3n) is 9.85. The number of carbonyl (C=O) groups is 4. The van der Waals surface area contributed by atoms with Gasteiger partial charge in [-0.3, -0.25) is 19.2 Å². The molecule has 0 aromatic heterocycles. The lowest BCUT2D eigenvalue weighted by Crippen LogP contribution is -2.60. The minimum atomic E-state index is -0.717. The van der Waals surface area contributed by atoms with E-state index < -0.39 is 6.04 Å². The molecule has 1 aromatic carbocycles. The molecule has 6 fully saturated rings. The average Bonchev–Trinajstić information content (AvgIpc) is 3.01. The van der Waals surface area contributed by atoms with Gasteiger partial charge in [0.2, 0.25) is 17.7 Å². The van der Waals surface area contributed by atoms with Crippen LogP contribution in [0.4, 0.5) is 11.4 Å². The Hall–Kier alpha value is -2.70. The minimum absolute atomic E-state index is 0.0341. The Morgan fingerprint density at radius 2 is 1.46 bits per heavy atom. The van der Waals surface area contributed by atoms with Crippen molar-refractivity contribution in [2.24, 2.45) is 23.2 Å². The second-order valence-corrected chi connectivity index (χ2v) is 12.6. The van der Waals surface area contributed by atoms with Gasteiger partial charge in [0.15, 0.2) is 0 Å². The zero-order chi connectivity index (χ0) is 25.7. The van der Waals surface area contributed by atoms with Gasteiger partial charge in [0.1, 0.15) is 6.04 Å². The largest absolute Gasteiger partial charge is 0.327 e. The smallest absolute Gasteiger partial charge is 0.257 e. The number of amides is 4. The predicted molar refractivity (Wildman–Crippen MR) is 141 cm³/mol. The van der Waals surface area contributed by atoms with Crippen LogP contribution in [-0.4, -0.2) is 40.6 Å². The number of rotatable bonds is 5. The maximum Gasteiger partial charge on any atom is 0.257 e. The lowest BCUT2D eigenvalue weighted by molar-refractivity contribution is -0.164. The first-order valence-electron chi connectivity index (χ1n) is 14.4. The molecular formula is C30H39N3O4. The fraction of sp³-hybridized carbons (Fsp3) is 0.667. The van der Waals surface area contributed by atoms with Gasteiger partial charge >= 0.3 is 0 Å². The summed E-state index contributed by atoms with van der Waals surface area (Å²) in [5, 5.41) is 2.72. The molecule has 1 aromatic rings. The maximum atomic E-state index is 14.6. The average molecular weight is 506 g/mol. The van der Waals surface area contributed by atoms with E-state index in [2.05, 4.69) is 5.32 Å². The summed E-state index contributed by atoms with van der Waals surface area (Å²) in [5.74, 6) is 1.40. The predicted octanol–water partition coefficient (Wildman–Crippen LogP) is 5.04. The Morgan fingerprint density at radius 1 is 0.892 bits per heavy atom. The molecule has 7 nitrogen and oxygen atoms in total. The zero-order valence-corrected chi connectivity index (χ0v) is 21.9. The summed E-state index contributed by atoms with van der Waals surface area (Å²) < 4.78 is 0. The number of benzene rings is 1. The Balaban J connectivity index is 1.30. The fourth-order valence-electron chi connectivity index (χ4n) is 8.75. The van der Waals surface area contributed by atoms with Gasteiger partial charge in [-0.05, 0) is 93.4 Å². The quantitative estimate of drug-likeness (QED) is 0.448.